The smallest absolute Gasteiger partial charge is 0.309 e. The number of nitrogens with zero attached hydrogens (tertiary/aromatic N) is 1. The second-order valence-electron chi connectivity index (χ2n) is 5.74. The molecule has 2 rings (SSSR count). The number of likely N-dealkylation sites (tertiary alicyclic amines) is 1. The minimum atomic E-state index is -0.639. The van der Waals surface area contributed by atoms with E-state index >= 15 is 0 Å². The number of hydrogen-bond donors (Lipinski definition) is 1. The van der Waals surface area contributed by atoms with Crippen LogP contribution >= 0.6 is 12.4 Å². The topological polar surface area (TPSA) is 72.6 Å². The number of carbonyl (C=O) groups is 2. The third kappa shape index (κ3) is 4.94. The van der Waals surface area contributed by atoms with Crippen LogP contribution in [0, 0.1) is 12.8 Å². The molecule has 0 aliphatic carbocycles. The van der Waals surface area contributed by atoms with E-state index in [1.165, 1.54) is 0 Å². The molecular formula is C17H25ClN2O3. The quantitative estimate of drug-likeness (QED) is 0.853. The van der Waals surface area contributed by atoms with E-state index in [9.17, 15) is 9.59 Å². The molecule has 1 aromatic carbocycles. The van der Waals surface area contributed by atoms with E-state index in [0.29, 0.717) is 32.5 Å². The lowest BCUT2D eigenvalue weighted by Gasteiger charge is -2.32. The molecule has 128 valence electrons. The summed E-state index contributed by atoms with van der Waals surface area (Å²) in [4.78, 5) is 25.9. The first kappa shape index (κ1) is 19.5. The highest BCUT2D eigenvalue weighted by molar-refractivity contribution is 5.85. The van der Waals surface area contributed by atoms with Gasteiger partial charge in [-0.15, -0.1) is 12.4 Å². The van der Waals surface area contributed by atoms with E-state index in [0.717, 1.165) is 11.1 Å². The van der Waals surface area contributed by atoms with E-state index in [-0.39, 0.29) is 30.2 Å². The lowest BCUT2D eigenvalue weighted by atomic mass is 9.96. The highest BCUT2D eigenvalue weighted by Crippen LogP contribution is 2.22. The van der Waals surface area contributed by atoms with Gasteiger partial charge in [0.05, 0.1) is 12.5 Å². The maximum atomic E-state index is 12.5. The molecule has 6 heteroatoms. The first-order valence-corrected chi connectivity index (χ1v) is 7.80. The summed E-state index contributed by atoms with van der Waals surface area (Å²) in [7, 11) is 0. The molecule has 23 heavy (non-hydrogen) atoms. The van der Waals surface area contributed by atoms with Gasteiger partial charge in [0.1, 0.15) is 6.04 Å². The lowest BCUT2D eigenvalue weighted by molar-refractivity contribution is -0.151. The van der Waals surface area contributed by atoms with E-state index in [1.807, 2.05) is 31.2 Å². The van der Waals surface area contributed by atoms with Crippen LogP contribution in [0.1, 0.15) is 36.9 Å². The van der Waals surface area contributed by atoms with Crippen LogP contribution < -0.4 is 5.73 Å². The van der Waals surface area contributed by atoms with Crippen molar-refractivity contribution in [1.29, 1.82) is 0 Å². The average molecular weight is 341 g/mol. The molecule has 0 radical (unpaired) electrons. The molecular weight excluding hydrogens is 316 g/mol. The number of rotatable bonds is 4. The Hall–Kier alpha value is -1.59. The number of carbonyl (C=O) groups excluding carboxylic acids is 2. The van der Waals surface area contributed by atoms with E-state index in [4.69, 9.17) is 10.5 Å². The maximum absolute atomic E-state index is 12.5. The number of halogens is 1. The molecule has 1 heterocycles. The second-order valence-corrected chi connectivity index (χ2v) is 5.74. The van der Waals surface area contributed by atoms with Crippen molar-refractivity contribution in [3.8, 4) is 0 Å². The summed E-state index contributed by atoms with van der Waals surface area (Å²) in [6.45, 7) is 5.31. The highest BCUT2D eigenvalue weighted by Gasteiger charge is 2.30. The van der Waals surface area contributed by atoms with Gasteiger partial charge in [0.2, 0.25) is 5.91 Å². The van der Waals surface area contributed by atoms with Crippen LogP contribution in [-0.2, 0) is 14.3 Å². The predicted octanol–water partition coefficient (Wildman–Crippen LogP) is 2.22. The Labute approximate surface area is 143 Å². The molecule has 0 bridgehead atoms. The molecule has 2 N–H and O–H groups in total. The molecule has 0 spiro atoms. The summed E-state index contributed by atoms with van der Waals surface area (Å²) in [5.74, 6) is -0.330. The predicted molar refractivity (Wildman–Crippen MR) is 91.3 cm³/mol. The monoisotopic (exact) mass is 340 g/mol. The SMILES string of the molecule is CCOC(=O)C1CCN(C(=O)C(N)c2ccc(C)cc2)CC1.Cl. The largest absolute Gasteiger partial charge is 0.466 e. The number of ether oxygens (including phenoxy) is 1. The molecule has 1 aliphatic heterocycles. The molecule has 1 fully saturated rings. The Morgan fingerprint density at radius 3 is 2.35 bits per heavy atom. The van der Waals surface area contributed by atoms with Gasteiger partial charge in [0, 0.05) is 13.1 Å². The standard InChI is InChI=1S/C17H24N2O3.ClH/c1-3-22-17(21)14-8-10-19(11-9-14)16(20)15(18)13-6-4-12(2)5-7-13;/h4-7,14-15H,3,8-11,18H2,1-2H3;1H. The molecule has 1 amide bonds. The van der Waals surface area contributed by atoms with Crippen molar-refractivity contribution in [2.24, 2.45) is 11.7 Å². The normalized spacial score (nSPS) is 16.4. The van der Waals surface area contributed by atoms with Crippen molar-refractivity contribution >= 4 is 24.3 Å². The van der Waals surface area contributed by atoms with Gasteiger partial charge in [0.15, 0.2) is 0 Å². The van der Waals surface area contributed by atoms with Crippen molar-refractivity contribution in [3.05, 3.63) is 35.4 Å². The summed E-state index contributed by atoms with van der Waals surface area (Å²) in [5, 5.41) is 0. The third-order valence-electron chi connectivity index (χ3n) is 4.13. The van der Waals surface area contributed by atoms with Crippen molar-refractivity contribution in [2.45, 2.75) is 32.7 Å². The third-order valence-corrected chi connectivity index (χ3v) is 4.13. The Morgan fingerprint density at radius 2 is 1.83 bits per heavy atom. The number of nitrogens with two attached hydrogens (primary N) is 1. The summed E-state index contributed by atoms with van der Waals surface area (Å²) < 4.78 is 5.04. The van der Waals surface area contributed by atoms with Gasteiger partial charge in [-0.05, 0) is 32.3 Å². The molecule has 1 aliphatic rings. The molecule has 0 aromatic heterocycles. The van der Waals surface area contributed by atoms with Gasteiger partial charge in [-0.3, -0.25) is 9.59 Å². The first-order chi connectivity index (χ1) is 10.5. The van der Waals surface area contributed by atoms with Crippen LogP contribution in [0.3, 0.4) is 0 Å². The van der Waals surface area contributed by atoms with Crippen LogP contribution in [0.2, 0.25) is 0 Å². The minimum absolute atomic E-state index is 0. The van der Waals surface area contributed by atoms with Gasteiger partial charge in [-0.2, -0.15) is 0 Å². The lowest BCUT2D eigenvalue weighted by Crippen LogP contribution is -2.44. The number of benzene rings is 1. The fourth-order valence-electron chi connectivity index (χ4n) is 2.71. The van der Waals surface area contributed by atoms with Gasteiger partial charge in [0.25, 0.3) is 0 Å². The minimum Gasteiger partial charge on any atom is -0.466 e. The van der Waals surface area contributed by atoms with Crippen molar-refractivity contribution in [3.63, 3.8) is 0 Å². The zero-order valence-corrected chi connectivity index (χ0v) is 14.5. The van der Waals surface area contributed by atoms with E-state index < -0.39 is 6.04 Å². The highest BCUT2D eigenvalue weighted by atomic mass is 35.5. The van der Waals surface area contributed by atoms with Crippen molar-refractivity contribution in [1.82, 2.24) is 4.90 Å². The van der Waals surface area contributed by atoms with Gasteiger partial charge in [-0.1, -0.05) is 29.8 Å². The fourth-order valence-corrected chi connectivity index (χ4v) is 2.71. The first-order valence-electron chi connectivity index (χ1n) is 7.80. The Kier molecular flexibility index (Phi) is 7.52. The Bertz CT molecular complexity index is 525. The summed E-state index contributed by atoms with van der Waals surface area (Å²) in [6, 6.07) is 7.05. The van der Waals surface area contributed by atoms with Gasteiger partial charge >= 0.3 is 5.97 Å². The molecule has 1 unspecified atom stereocenters. The van der Waals surface area contributed by atoms with Crippen molar-refractivity contribution < 1.29 is 14.3 Å². The number of amides is 1. The summed E-state index contributed by atoms with van der Waals surface area (Å²) in [6.07, 6.45) is 1.29. The van der Waals surface area contributed by atoms with Crippen LogP contribution in [0.25, 0.3) is 0 Å². The number of aryl methyl sites for hydroxylation is 1. The van der Waals surface area contributed by atoms with Crippen molar-refractivity contribution in [2.75, 3.05) is 19.7 Å². The second kappa shape index (κ2) is 8.89. The van der Waals surface area contributed by atoms with Crippen LogP contribution in [-0.4, -0.2) is 36.5 Å². The number of esters is 1. The van der Waals surface area contributed by atoms with E-state index in [1.54, 1.807) is 11.8 Å². The average Bonchev–Trinajstić information content (AvgIpc) is 2.54. The van der Waals surface area contributed by atoms with Gasteiger partial charge < -0.3 is 15.4 Å². The Morgan fingerprint density at radius 1 is 1.26 bits per heavy atom. The fraction of sp³-hybridized carbons (Fsp3) is 0.529. The number of piperidine rings is 1. The molecule has 1 aromatic rings. The number of hydrogen-bond acceptors (Lipinski definition) is 4. The molecule has 5 nitrogen and oxygen atoms in total. The molecule has 0 saturated carbocycles. The summed E-state index contributed by atoms with van der Waals surface area (Å²) >= 11 is 0. The van der Waals surface area contributed by atoms with Crippen LogP contribution in [0.4, 0.5) is 0 Å². The zero-order chi connectivity index (χ0) is 16.1. The zero-order valence-electron chi connectivity index (χ0n) is 13.7. The van der Waals surface area contributed by atoms with E-state index in [2.05, 4.69) is 0 Å². The van der Waals surface area contributed by atoms with Gasteiger partial charge in [-0.25, -0.2) is 0 Å². The van der Waals surface area contributed by atoms with Crippen LogP contribution in [0.15, 0.2) is 24.3 Å². The molecule has 1 atom stereocenters. The maximum Gasteiger partial charge on any atom is 0.309 e. The molecule has 1 saturated heterocycles. The van der Waals surface area contributed by atoms with Crippen LogP contribution in [0.5, 0.6) is 0 Å². The summed E-state index contributed by atoms with van der Waals surface area (Å²) in [5.41, 5.74) is 8.04. The Balaban J connectivity index is 0.00000264.